The van der Waals surface area contributed by atoms with Gasteiger partial charge in [0.15, 0.2) is 0 Å². The third kappa shape index (κ3) is 29.0. The average molecular weight is 709 g/mol. The van der Waals surface area contributed by atoms with E-state index in [0.717, 1.165) is 25.7 Å². The zero-order valence-electron chi connectivity index (χ0n) is 32.4. The third-order valence-electron chi connectivity index (χ3n) is 10.8. The van der Waals surface area contributed by atoms with Crippen LogP contribution >= 0.6 is 19.8 Å². The Morgan fingerprint density at radius 2 is 0.468 bits per heavy atom. The first-order valence-electron chi connectivity index (χ1n) is 20.6. The zero-order chi connectivity index (χ0) is 33.2. The molecular formula is C41H90O4P2. The van der Waals surface area contributed by atoms with Crippen LogP contribution in [0.15, 0.2) is 0 Å². The van der Waals surface area contributed by atoms with E-state index in [4.69, 9.17) is 0 Å². The standard InChI is InChI=1S/C41H84O4.2H3P/c1-3-5-7-9-11-13-15-17-19-21-23-25-27-29-31-33-35-41(45,40(37-42,38-43)39-44)36-34-32-30-28-26-24-22-20-18-16-14-12-10-8-6-4-2;;/h42-45H,3-39H2,1-2H3;2*1H3. The summed E-state index contributed by atoms with van der Waals surface area (Å²) in [7, 11) is 0. The lowest BCUT2D eigenvalue weighted by Crippen LogP contribution is -2.55. The molecule has 47 heavy (non-hydrogen) atoms. The van der Waals surface area contributed by atoms with E-state index in [1.807, 2.05) is 0 Å². The van der Waals surface area contributed by atoms with Crippen LogP contribution in [0.25, 0.3) is 0 Å². The predicted molar refractivity (Wildman–Crippen MR) is 219 cm³/mol. The van der Waals surface area contributed by atoms with E-state index in [-0.39, 0.29) is 39.6 Å². The van der Waals surface area contributed by atoms with E-state index in [2.05, 4.69) is 13.8 Å². The van der Waals surface area contributed by atoms with Crippen LogP contribution in [0.3, 0.4) is 0 Å². The largest absolute Gasteiger partial charge is 0.395 e. The van der Waals surface area contributed by atoms with Crippen LogP contribution < -0.4 is 0 Å². The first-order valence-corrected chi connectivity index (χ1v) is 20.6. The summed E-state index contributed by atoms with van der Waals surface area (Å²) in [6.07, 6.45) is 43.0. The number of hydrogen-bond acceptors (Lipinski definition) is 4. The smallest absolute Gasteiger partial charge is 0.0770 e. The van der Waals surface area contributed by atoms with Gasteiger partial charge in [0, 0.05) is 0 Å². The predicted octanol–water partition coefficient (Wildman–Crippen LogP) is 12.1. The molecule has 0 heterocycles. The number of aliphatic hydroxyl groups is 4. The van der Waals surface area contributed by atoms with Crippen LogP contribution in [0.1, 0.15) is 232 Å². The quantitative estimate of drug-likeness (QED) is 0.0380. The molecule has 0 aliphatic rings. The second kappa shape index (κ2) is 39.5. The van der Waals surface area contributed by atoms with Gasteiger partial charge >= 0.3 is 0 Å². The zero-order valence-corrected chi connectivity index (χ0v) is 35.2. The highest BCUT2D eigenvalue weighted by atomic mass is 31.0. The van der Waals surface area contributed by atoms with E-state index in [1.165, 1.54) is 180 Å². The molecule has 0 spiro atoms. The van der Waals surface area contributed by atoms with Crippen LogP contribution in [-0.4, -0.2) is 45.8 Å². The molecule has 0 aliphatic heterocycles. The number of hydrogen-bond donors (Lipinski definition) is 4. The molecule has 0 saturated carbocycles. The lowest BCUT2D eigenvalue weighted by molar-refractivity contribution is -0.162. The monoisotopic (exact) mass is 709 g/mol. The summed E-state index contributed by atoms with van der Waals surface area (Å²) in [6, 6.07) is 0. The van der Waals surface area contributed by atoms with E-state index in [1.54, 1.807) is 0 Å². The highest BCUT2D eigenvalue weighted by Gasteiger charge is 2.48. The molecule has 0 radical (unpaired) electrons. The van der Waals surface area contributed by atoms with Crippen LogP contribution in [0, 0.1) is 5.41 Å². The fourth-order valence-electron chi connectivity index (χ4n) is 7.18. The molecule has 0 aromatic rings. The Kier molecular flexibility index (Phi) is 43.7. The van der Waals surface area contributed by atoms with Gasteiger partial charge in [-0.1, -0.05) is 219 Å². The SMILES string of the molecule is CCCCCCCCCCCCCCCCCCC(O)(CCCCCCCCCCCCCCCCCC)C(CO)(CO)CO.P.P. The summed E-state index contributed by atoms with van der Waals surface area (Å²) in [6.45, 7) is 3.42. The Balaban J connectivity index is -0.00000968. The van der Waals surface area contributed by atoms with Crippen molar-refractivity contribution in [2.75, 3.05) is 19.8 Å². The summed E-state index contributed by atoms with van der Waals surface area (Å²) >= 11 is 0. The van der Waals surface area contributed by atoms with Gasteiger partial charge in [-0.05, 0) is 12.8 Å². The molecule has 288 valence electrons. The van der Waals surface area contributed by atoms with Crippen molar-refractivity contribution in [2.24, 2.45) is 5.41 Å². The molecule has 6 heteroatoms. The fourth-order valence-corrected chi connectivity index (χ4v) is 7.18. The van der Waals surface area contributed by atoms with E-state index in [9.17, 15) is 20.4 Å². The van der Waals surface area contributed by atoms with Crippen molar-refractivity contribution in [1.29, 1.82) is 0 Å². The highest BCUT2D eigenvalue weighted by Crippen LogP contribution is 2.39. The molecule has 0 aromatic heterocycles. The molecule has 0 bridgehead atoms. The minimum Gasteiger partial charge on any atom is -0.395 e. The van der Waals surface area contributed by atoms with Crippen molar-refractivity contribution in [3.8, 4) is 0 Å². The van der Waals surface area contributed by atoms with Gasteiger partial charge in [0.2, 0.25) is 0 Å². The van der Waals surface area contributed by atoms with Crippen LogP contribution in [-0.2, 0) is 0 Å². The van der Waals surface area contributed by atoms with Crippen molar-refractivity contribution in [3.05, 3.63) is 0 Å². The first-order chi connectivity index (χ1) is 22.1. The molecular weight excluding hydrogens is 618 g/mol. The van der Waals surface area contributed by atoms with Crippen molar-refractivity contribution in [1.82, 2.24) is 0 Å². The van der Waals surface area contributed by atoms with Gasteiger partial charge in [0.1, 0.15) is 0 Å². The second-order valence-corrected chi connectivity index (χ2v) is 14.9. The number of aliphatic hydroxyl groups excluding tert-OH is 3. The van der Waals surface area contributed by atoms with Crippen molar-refractivity contribution in [2.45, 2.75) is 238 Å². The van der Waals surface area contributed by atoms with Crippen LogP contribution in [0.4, 0.5) is 0 Å². The summed E-state index contributed by atoms with van der Waals surface area (Å²) in [5, 5.41) is 42.0. The average Bonchev–Trinajstić information content (AvgIpc) is 3.05. The molecule has 0 aliphatic carbocycles. The molecule has 2 unspecified atom stereocenters. The number of unbranched alkanes of at least 4 members (excludes halogenated alkanes) is 30. The Hall–Kier alpha value is 0.700. The highest BCUT2D eigenvalue weighted by molar-refractivity contribution is 6.92. The second-order valence-electron chi connectivity index (χ2n) is 14.9. The van der Waals surface area contributed by atoms with E-state index < -0.39 is 11.0 Å². The lowest BCUT2D eigenvalue weighted by atomic mass is 9.68. The molecule has 2 atom stereocenters. The molecule has 0 aromatic carbocycles. The summed E-state index contributed by atoms with van der Waals surface area (Å²) in [4.78, 5) is 0. The topological polar surface area (TPSA) is 80.9 Å². The van der Waals surface area contributed by atoms with Gasteiger partial charge in [0.05, 0.1) is 30.8 Å². The van der Waals surface area contributed by atoms with Crippen molar-refractivity contribution >= 4 is 19.8 Å². The Morgan fingerprint density at radius 1 is 0.298 bits per heavy atom. The Morgan fingerprint density at radius 3 is 0.638 bits per heavy atom. The van der Waals surface area contributed by atoms with Crippen molar-refractivity contribution < 1.29 is 20.4 Å². The molecule has 0 fully saturated rings. The van der Waals surface area contributed by atoms with Gasteiger partial charge in [-0.3, -0.25) is 0 Å². The van der Waals surface area contributed by atoms with Crippen molar-refractivity contribution in [3.63, 3.8) is 0 Å². The third-order valence-corrected chi connectivity index (χ3v) is 10.8. The summed E-state index contributed by atoms with van der Waals surface area (Å²) < 4.78 is 0. The van der Waals surface area contributed by atoms with E-state index in [0.29, 0.717) is 12.8 Å². The van der Waals surface area contributed by atoms with Gasteiger partial charge in [-0.25, -0.2) is 0 Å². The minimum absolute atomic E-state index is 0. The molecule has 0 amide bonds. The normalized spacial score (nSPS) is 11.9. The maximum absolute atomic E-state index is 11.7. The molecule has 4 nitrogen and oxygen atoms in total. The van der Waals surface area contributed by atoms with Crippen LogP contribution in [0.2, 0.25) is 0 Å². The lowest BCUT2D eigenvalue weighted by Gasteiger charge is -2.44. The minimum atomic E-state index is -1.22. The van der Waals surface area contributed by atoms with Gasteiger partial charge in [-0.2, -0.15) is 19.8 Å². The van der Waals surface area contributed by atoms with Gasteiger partial charge < -0.3 is 20.4 Å². The maximum atomic E-state index is 11.7. The maximum Gasteiger partial charge on any atom is 0.0770 e. The van der Waals surface area contributed by atoms with E-state index >= 15 is 0 Å². The Labute approximate surface area is 302 Å². The molecule has 0 rings (SSSR count). The summed E-state index contributed by atoms with van der Waals surface area (Å²) in [5.41, 5.74) is -2.44. The Bertz CT molecular complexity index is 529. The fraction of sp³-hybridized carbons (Fsp3) is 1.00. The molecule has 0 saturated heterocycles. The number of rotatable bonds is 38. The molecule has 4 N–H and O–H groups in total. The van der Waals surface area contributed by atoms with Gasteiger partial charge in [0.25, 0.3) is 0 Å². The summed E-state index contributed by atoms with van der Waals surface area (Å²) in [5.74, 6) is 0. The first kappa shape index (κ1) is 52.1. The van der Waals surface area contributed by atoms with Gasteiger partial charge in [-0.15, -0.1) is 0 Å². The van der Waals surface area contributed by atoms with Crippen LogP contribution in [0.5, 0.6) is 0 Å².